The number of rotatable bonds is 1. The van der Waals surface area contributed by atoms with Crippen molar-refractivity contribution in [1.29, 1.82) is 0 Å². The Bertz CT molecular complexity index is 358. The molecule has 0 spiro atoms. The van der Waals surface area contributed by atoms with E-state index in [1.807, 2.05) is 5.43 Å². The summed E-state index contributed by atoms with van der Waals surface area (Å²) < 4.78 is 2.15. The van der Waals surface area contributed by atoms with Crippen molar-refractivity contribution in [1.82, 2.24) is 9.99 Å². The van der Waals surface area contributed by atoms with Crippen LogP contribution in [-0.4, -0.2) is 10.5 Å². The molecule has 1 heterocycles. The number of carbonyl (C=O) groups excluding carboxylic acids is 1. The summed E-state index contributed by atoms with van der Waals surface area (Å²) in [5.74, 6) is 4.60. The molecule has 0 atom stereocenters. The van der Waals surface area contributed by atoms with Gasteiger partial charge in [-0.25, -0.2) is 5.84 Å². The normalized spacial score (nSPS) is 9.50. The maximum Gasteiger partial charge on any atom is 0.268 e. The minimum Gasteiger partial charge on any atom is -0.342 e. The van der Waals surface area contributed by atoms with Gasteiger partial charge >= 0.3 is 0 Å². The zero-order chi connectivity index (χ0) is 9.14. The van der Waals surface area contributed by atoms with Crippen LogP contribution < -0.4 is 11.3 Å². The first kappa shape index (κ1) is 8.89. The van der Waals surface area contributed by atoms with Gasteiger partial charge in [0.2, 0.25) is 0 Å². The molecule has 0 bridgehead atoms. The average Bonchev–Trinajstić information content (AvgIpc) is 2.08. The van der Waals surface area contributed by atoms with Crippen molar-refractivity contribution in [3.05, 3.63) is 28.5 Å². The Kier molecular flexibility index (Phi) is 2.57. The molecule has 0 aliphatic heterocycles. The maximum atomic E-state index is 11.1. The SMILES string of the molecule is Cn1cccc(C(=O)NN)c1=S. The summed E-state index contributed by atoms with van der Waals surface area (Å²) in [7, 11) is 1.77. The fourth-order valence-electron chi connectivity index (χ4n) is 0.848. The molecule has 1 aromatic rings. The first-order valence-corrected chi connectivity index (χ1v) is 3.74. The van der Waals surface area contributed by atoms with Crippen molar-refractivity contribution in [2.24, 2.45) is 12.9 Å². The van der Waals surface area contributed by atoms with Crippen LogP contribution in [0.25, 0.3) is 0 Å². The van der Waals surface area contributed by atoms with E-state index in [1.165, 1.54) is 0 Å². The first-order chi connectivity index (χ1) is 5.66. The number of nitrogen functional groups attached to an aromatic ring is 1. The summed E-state index contributed by atoms with van der Waals surface area (Å²) in [6.07, 6.45) is 1.77. The van der Waals surface area contributed by atoms with E-state index in [0.29, 0.717) is 10.2 Å². The van der Waals surface area contributed by atoms with Gasteiger partial charge < -0.3 is 4.57 Å². The summed E-state index contributed by atoms with van der Waals surface area (Å²) >= 11 is 4.98. The quantitative estimate of drug-likeness (QED) is 0.286. The minimum absolute atomic E-state index is 0.365. The van der Waals surface area contributed by atoms with Gasteiger partial charge in [0.15, 0.2) is 0 Å². The van der Waals surface area contributed by atoms with Crippen LogP contribution in [0.1, 0.15) is 10.4 Å². The molecule has 0 saturated carbocycles. The zero-order valence-electron chi connectivity index (χ0n) is 6.57. The zero-order valence-corrected chi connectivity index (χ0v) is 7.39. The van der Waals surface area contributed by atoms with Crippen molar-refractivity contribution >= 4 is 18.1 Å². The third-order valence-corrected chi connectivity index (χ3v) is 2.01. The lowest BCUT2D eigenvalue weighted by Crippen LogP contribution is -2.30. The Labute approximate surface area is 75.0 Å². The molecule has 1 amide bonds. The number of hydrogen-bond donors (Lipinski definition) is 2. The number of aryl methyl sites for hydroxylation is 1. The molecule has 0 aromatic carbocycles. The highest BCUT2D eigenvalue weighted by Crippen LogP contribution is 2.00. The molecule has 4 nitrogen and oxygen atoms in total. The van der Waals surface area contributed by atoms with Crippen LogP contribution in [0.4, 0.5) is 0 Å². The summed E-state index contributed by atoms with van der Waals surface area (Å²) in [6, 6.07) is 3.37. The summed E-state index contributed by atoms with van der Waals surface area (Å²) in [6.45, 7) is 0. The van der Waals surface area contributed by atoms with Gasteiger partial charge in [0.05, 0.1) is 5.56 Å². The molecule has 0 aliphatic carbocycles. The van der Waals surface area contributed by atoms with E-state index in [4.69, 9.17) is 18.1 Å². The Morgan fingerprint density at radius 3 is 3.00 bits per heavy atom. The molecular formula is C7H9N3OS. The van der Waals surface area contributed by atoms with Crippen LogP contribution in [0.3, 0.4) is 0 Å². The van der Waals surface area contributed by atoms with E-state index in [1.54, 1.807) is 29.9 Å². The molecule has 0 saturated heterocycles. The van der Waals surface area contributed by atoms with Gasteiger partial charge in [-0.1, -0.05) is 12.2 Å². The fraction of sp³-hybridized carbons (Fsp3) is 0.143. The van der Waals surface area contributed by atoms with Gasteiger partial charge in [-0.3, -0.25) is 10.2 Å². The number of aromatic nitrogens is 1. The van der Waals surface area contributed by atoms with Gasteiger partial charge in [0.25, 0.3) is 5.91 Å². The van der Waals surface area contributed by atoms with Crippen LogP contribution in [0.5, 0.6) is 0 Å². The third kappa shape index (κ3) is 1.51. The van der Waals surface area contributed by atoms with E-state index in [2.05, 4.69) is 0 Å². The minimum atomic E-state index is -0.365. The standard InChI is InChI=1S/C7H9N3OS/c1-10-4-2-3-5(7(10)12)6(11)9-8/h2-4H,8H2,1H3,(H,9,11). The first-order valence-electron chi connectivity index (χ1n) is 3.33. The Morgan fingerprint density at radius 1 is 1.75 bits per heavy atom. The highest BCUT2D eigenvalue weighted by molar-refractivity contribution is 7.71. The smallest absolute Gasteiger partial charge is 0.268 e. The van der Waals surface area contributed by atoms with E-state index in [0.717, 1.165) is 0 Å². The number of nitrogens with zero attached hydrogens (tertiary/aromatic N) is 1. The molecule has 1 rings (SSSR count). The van der Waals surface area contributed by atoms with Crippen LogP contribution in [-0.2, 0) is 7.05 Å². The molecule has 64 valence electrons. The van der Waals surface area contributed by atoms with Crippen LogP contribution in [0, 0.1) is 4.64 Å². The lowest BCUT2D eigenvalue weighted by molar-refractivity contribution is 0.0952. The largest absolute Gasteiger partial charge is 0.342 e. The second-order valence-corrected chi connectivity index (χ2v) is 2.70. The average molecular weight is 183 g/mol. The molecular weight excluding hydrogens is 174 g/mol. The van der Waals surface area contributed by atoms with Crippen molar-refractivity contribution in [3.63, 3.8) is 0 Å². The summed E-state index contributed by atoms with van der Waals surface area (Å²) in [5.41, 5.74) is 2.44. The summed E-state index contributed by atoms with van der Waals surface area (Å²) in [4.78, 5) is 11.1. The lowest BCUT2D eigenvalue weighted by atomic mass is 10.3. The van der Waals surface area contributed by atoms with Crippen molar-refractivity contribution in [2.45, 2.75) is 0 Å². The molecule has 0 radical (unpaired) electrons. The number of carbonyl (C=O) groups is 1. The highest BCUT2D eigenvalue weighted by atomic mass is 32.1. The molecule has 3 N–H and O–H groups in total. The van der Waals surface area contributed by atoms with Gasteiger partial charge in [-0.15, -0.1) is 0 Å². The Hall–Kier alpha value is -1.20. The topological polar surface area (TPSA) is 60.0 Å². The van der Waals surface area contributed by atoms with Gasteiger partial charge in [-0.05, 0) is 12.1 Å². The Morgan fingerprint density at radius 2 is 2.42 bits per heavy atom. The van der Waals surface area contributed by atoms with E-state index < -0.39 is 0 Å². The number of pyridine rings is 1. The van der Waals surface area contributed by atoms with Crippen LogP contribution in [0.15, 0.2) is 18.3 Å². The number of hydrazine groups is 1. The van der Waals surface area contributed by atoms with Crippen LogP contribution >= 0.6 is 12.2 Å². The lowest BCUT2D eigenvalue weighted by Gasteiger charge is -2.02. The maximum absolute atomic E-state index is 11.1. The monoisotopic (exact) mass is 183 g/mol. The second kappa shape index (κ2) is 3.46. The summed E-state index contributed by atoms with van der Waals surface area (Å²) in [5, 5.41) is 0. The second-order valence-electron chi connectivity index (χ2n) is 2.31. The molecule has 0 unspecified atom stereocenters. The molecule has 0 fully saturated rings. The molecule has 12 heavy (non-hydrogen) atoms. The van der Waals surface area contributed by atoms with Crippen molar-refractivity contribution in [2.75, 3.05) is 0 Å². The highest BCUT2D eigenvalue weighted by Gasteiger charge is 2.05. The third-order valence-electron chi connectivity index (χ3n) is 1.50. The van der Waals surface area contributed by atoms with E-state index in [-0.39, 0.29) is 5.91 Å². The van der Waals surface area contributed by atoms with E-state index in [9.17, 15) is 4.79 Å². The Balaban J connectivity index is 3.26. The predicted octanol–water partition coefficient (Wildman–Crippen LogP) is 0.358. The van der Waals surface area contributed by atoms with Crippen molar-refractivity contribution in [3.8, 4) is 0 Å². The van der Waals surface area contributed by atoms with E-state index >= 15 is 0 Å². The number of nitrogens with one attached hydrogen (secondary N) is 1. The predicted molar refractivity (Wildman–Crippen MR) is 47.9 cm³/mol. The van der Waals surface area contributed by atoms with Crippen molar-refractivity contribution < 1.29 is 4.79 Å². The molecule has 5 heteroatoms. The van der Waals surface area contributed by atoms with Crippen LogP contribution in [0.2, 0.25) is 0 Å². The number of hydrogen-bond acceptors (Lipinski definition) is 3. The van der Waals surface area contributed by atoms with Gasteiger partial charge in [0.1, 0.15) is 4.64 Å². The number of nitrogens with two attached hydrogens (primary N) is 1. The fourth-order valence-corrected chi connectivity index (χ4v) is 1.07. The molecule has 1 aromatic heterocycles. The van der Waals surface area contributed by atoms with Gasteiger partial charge in [0, 0.05) is 13.2 Å². The number of amides is 1. The van der Waals surface area contributed by atoms with Gasteiger partial charge in [-0.2, -0.15) is 0 Å². The molecule has 0 aliphatic rings.